The summed E-state index contributed by atoms with van der Waals surface area (Å²) in [5, 5.41) is 19.6. The molecule has 1 unspecified atom stereocenters. The number of aliphatic hydroxyl groups is 2. The molecule has 2 N–H and O–H groups in total. The van der Waals surface area contributed by atoms with Gasteiger partial charge >= 0.3 is 0 Å². The Bertz CT molecular complexity index is 734. The number of rotatable bonds is 5. The fraction of sp³-hybridized carbons (Fsp3) is 0.381. The molecule has 1 aliphatic heterocycles. The van der Waals surface area contributed by atoms with Crippen LogP contribution < -0.4 is 4.74 Å². The zero-order chi connectivity index (χ0) is 18.4. The van der Waals surface area contributed by atoms with E-state index < -0.39 is 5.60 Å². The van der Waals surface area contributed by atoms with E-state index in [9.17, 15) is 15.0 Å². The minimum atomic E-state index is -1.08. The Kier molecular flexibility index (Phi) is 5.91. The molecule has 5 heteroatoms. The summed E-state index contributed by atoms with van der Waals surface area (Å²) in [6, 6.07) is 17.1. The molecule has 1 heterocycles. The van der Waals surface area contributed by atoms with Crippen LogP contribution in [0.2, 0.25) is 0 Å². The molecule has 0 aromatic heterocycles. The van der Waals surface area contributed by atoms with Crippen LogP contribution >= 0.6 is 0 Å². The summed E-state index contributed by atoms with van der Waals surface area (Å²) in [5.41, 5.74) is 0.480. The molecule has 2 aromatic rings. The number of amides is 1. The number of aliphatic hydroxyl groups excluding tert-OH is 1. The lowest BCUT2D eigenvalue weighted by molar-refractivity contribution is -0.0250. The molecule has 3 rings (SSSR count). The Labute approximate surface area is 153 Å². The van der Waals surface area contributed by atoms with Crippen LogP contribution in [0.25, 0.3) is 0 Å². The Balaban J connectivity index is 1.71. The summed E-state index contributed by atoms with van der Waals surface area (Å²) in [4.78, 5) is 14.7. The zero-order valence-corrected chi connectivity index (χ0v) is 14.8. The molecule has 138 valence electrons. The van der Waals surface area contributed by atoms with Crippen LogP contribution in [-0.4, -0.2) is 46.3 Å². The highest BCUT2D eigenvalue weighted by molar-refractivity contribution is 5.97. The second-order valence-electron chi connectivity index (χ2n) is 6.80. The van der Waals surface area contributed by atoms with Crippen LogP contribution in [0.1, 0.15) is 35.2 Å². The van der Waals surface area contributed by atoms with E-state index in [4.69, 9.17) is 4.74 Å². The van der Waals surface area contributed by atoms with Crippen molar-refractivity contribution < 1.29 is 19.7 Å². The van der Waals surface area contributed by atoms with Gasteiger partial charge in [-0.25, -0.2) is 0 Å². The molecule has 5 nitrogen and oxygen atoms in total. The molecule has 1 aliphatic rings. The molecular formula is C21H25NO4. The highest BCUT2D eigenvalue weighted by Crippen LogP contribution is 2.26. The van der Waals surface area contributed by atoms with E-state index in [2.05, 4.69) is 0 Å². The number of ether oxygens (including phenoxy) is 1. The molecule has 1 amide bonds. The molecule has 2 aromatic carbocycles. The van der Waals surface area contributed by atoms with Gasteiger partial charge in [0.1, 0.15) is 12.4 Å². The SMILES string of the molecule is O=C(c1ccccc1OCc1ccccc1)N1CCCC(O)(CO)CC1. The summed E-state index contributed by atoms with van der Waals surface area (Å²) in [6.07, 6.45) is 1.54. The van der Waals surface area contributed by atoms with Crippen LogP contribution in [0.4, 0.5) is 0 Å². The molecule has 1 fully saturated rings. The number of carbonyl (C=O) groups is 1. The number of hydrogen-bond donors (Lipinski definition) is 2. The Morgan fingerprint density at radius 1 is 1.04 bits per heavy atom. The molecule has 0 bridgehead atoms. The highest BCUT2D eigenvalue weighted by atomic mass is 16.5. The number of hydrogen-bond acceptors (Lipinski definition) is 4. The van der Waals surface area contributed by atoms with Crippen LogP contribution in [0.15, 0.2) is 54.6 Å². The number of nitrogens with zero attached hydrogens (tertiary/aromatic N) is 1. The molecule has 1 saturated heterocycles. The number of para-hydroxylation sites is 1. The fourth-order valence-corrected chi connectivity index (χ4v) is 3.21. The third-order valence-electron chi connectivity index (χ3n) is 4.85. The van der Waals surface area contributed by atoms with Gasteiger partial charge in [-0.3, -0.25) is 4.79 Å². The Morgan fingerprint density at radius 3 is 2.54 bits per heavy atom. The smallest absolute Gasteiger partial charge is 0.257 e. The maximum atomic E-state index is 13.0. The summed E-state index contributed by atoms with van der Waals surface area (Å²) >= 11 is 0. The van der Waals surface area contributed by atoms with Crippen LogP contribution in [0.3, 0.4) is 0 Å². The predicted molar refractivity (Wildman–Crippen MR) is 99.0 cm³/mol. The van der Waals surface area contributed by atoms with Gasteiger partial charge < -0.3 is 19.8 Å². The van der Waals surface area contributed by atoms with Crippen molar-refractivity contribution in [2.45, 2.75) is 31.5 Å². The lowest BCUT2D eigenvalue weighted by Crippen LogP contribution is -2.36. The zero-order valence-electron chi connectivity index (χ0n) is 14.8. The Morgan fingerprint density at radius 2 is 1.77 bits per heavy atom. The minimum absolute atomic E-state index is 0.101. The molecular weight excluding hydrogens is 330 g/mol. The summed E-state index contributed by atoms with van der Waals surface area (Å²) in [7, 11) is 0. The van der Waals surface area contributed by atoms with Gasteiger partial charge in [0.15, 0.2) is 0 Å². The van der Waals surface area contributed by atoms with Crippen molar-refractivity contribution >= 4 is 5.91 Å². The van der Waals surface area contributed by atoms with E-state index in [1.54, 1.807) is 17.0 Å². The lowest BCUT2D eigenvalue weighted by atomic mass is 9.96. The second-order valence-corrected chi connectivity index (χ2v) is 6.80. The van der Waals surface area contributed by atoms with E-state index in [-0.39, 0.29) is 12.5 Å². The average molecular weight is 355 g/mol. The van der Waals surface area contributed by atoms with Crippen molar-refractivity contribution in [3.63, 3.8) is 0 Å². The first kappa shape index (κ1) is 18.4. The van der Waals surface area contributed by atoms with E-state index in [0.29, 0.717) is 50.3 Å². The minimum Gasteiger partial charge on any atom is -0.488 e. The maximum absolute atomic E-state index is 13.0. The van der Waals surface area contributed by atoms with E-state index >= 15 is 0 Å². The summed E-state index contributed by atoms with van der Waals surface area (Å²) < 4.78 is 5.89. The van der Waals surface area contributed by atoms with Gasteiger partial charge in [-0.15, -0.1) is 0 Å². The number of likely N-dealkylation sites (tertiary alicyclic amines) is 1. The lowest BCUT2D eigenvalue weighted by Gasteiger charge is -2.25. The van der Waals surface area contributed by atoms with E-state index in [1.165, 1.54) is 0 Å². The van der Waals surface area contributed by atoms with Gasteiger partial charge in [0.05, 0.1) is 17.8 Å². The monoisotopic (exact) mass is 355 g/mol. The van der Waals surface area contributed by atoms with E-state index in [0.717, 1.165) is 5.56 Å². The van der Waals surface area contributed by atoms with Crippen molar-refractivity contribution in [1.29, 1.82) is 0 Å². The largest absolute Gasteiger partial charge is 0.488 e. The number of benzene rings is 2. The normalized spacial score (nSPS) is 20.5. The average Bonchev–Trinajstić information content (AvgIpc) is 2.89. The van der Waals surface area contributed by atoms with Crippen molar-refractivity contribution in [1.82, 2.24) is 4.90 Å². The first-order chi connectivity index (χ1) is 12.6. The van der Waals surface area contributed by atoms with Gasteiger partial charge in [-0.05, 0) is 37.0 Å². The first-order valence-electron chi connectivity index (χ1n) is 9.00. The third kappa shape index (κ3) is 4.42. The summed E-state index contributed by atoms with van der Waals surface area (Å²) in [6.45, 7) is 1.11. The molecule has 0 saturated carbocycles. The molecule has 1 atom stereocenters. The van der Waals surface area contributed by atoms with Crippen LogP contribution in [-0.2, 0) is 6.61 Å². The standard InChI is InChI=1S/C21H25NO4/c23-16-21(25)11-6-13-22(14-12-21)20(24)18-9-4-5-10-19(18)26-15-17-7-2-1-3-8-17/h1-5,7-10,23,25H,6,11-16H2. The van der Waals surface area contributed by atoms with Crippen molar-refractivity contribution in [2.75, 3.05) is 19.7 Å². The first-order valence-corrected chi connectivity index (χ1v) is 9.00. The topological polar surface area (TPSA) is 70.0 Å². The second kappa shape index (κ2) is 8.34. The van der Waals surface area contributed by atoms with Gasteiger partial charge in [-0.2, -0.15) is 0 Å². The molecule has 0 spiro atoms. The van der Waals surface area contributed by atoms with Gasteiger partial charge in [0.2, 0.25) is 0 Å². The summed E-state index contributed by atoms with van der Waals surface area (Å²) in [5.74, 6) is 0.457. The predicted octanol–water partition coefficient (Wildman–Crippen LogP) is 2.62. The molecule has 26 heavy (non-hydrogen) atoms. The maximum Gasteiger partial charge on any atom is 0.257 e. The van der Waals surface area contributed by atoms with Gasteiger partial charge in [0, 0.05) is 13.1 Å². The highest BCUT2D eigenvalue weighted by Gasteiger charge is 2.31. The molecule has 0 aliphatic carbocycles. The molecule has 0 radical (unpaired) electrons. The van der Waals surface area contributed by atoms with Crippen molar-refractivity contribution in [3.8, 4) is 5.75 Å². The van der Waals surface area contributed by atoms with Crippen molar-refractivity contribution in [3.05, 3.63) is 65.7 Å². The van der Waals surface area contributed by atoms with Crippen LogP contribution in [0.5, 0.6) is 5.75 Å². The quantitative estimate of drug-likeness (QED) is 0.865. The van der Waals surface area contributed by atoms with E-state index in [1.807, 2.05) is 42.5 Å². The third-order valence-corrected chi connectivity index (χ3v) is 4.85. The van der Waals surface area contributed by atoms with Crippen molar-refractivity contribution in [2.24, 2.45) is 0 Å². The van der Waals surface area contributed by atoms with Crippen LogP contribution in [0, 0.1) is 0 Å². The fourth-order valence-electron chi connectivity index (χ4n) is 3.21. The Hall–Kier alpha value is -2.37. The van der Waals surface area contributed by atoms with Gasteiger partial charge in [0.25, 0.3) is 5.91 Å². The van der Waals surface area contributed by atoms with Gasteiger partial charge in [-0.1, -0.05) is 42.5 Å². The number of carbonyl (C=O) groups excluding carboxylic acids is 1.